The first kappa shape index (κ1) is 16.8. The van der Waals surface area contributed by atoms with Gasteiger partial charge in [-0.1, -0.05) is 12.2 Å². The summed E-state index contributed by atoms with van der Waals surface area (Å²) in [6, 6.07) is 1.17. The molecule has 1 aromatic rings. The van der Waals surface area contributed by atoms with Crippen LogP contribution in [0.3, 0.4) is 0 Å². The number of sulfonamides is 1. The van der Waals surface area contributed by atoms with Crippen LogP contribution >= 0.6 is 11.3 Å². The summed E-state index contributed by atoms with van der Waals surface area (Å²) in [6.07, 6.45) is 0. The van der Waals surface area contributed by atoms with Crippen LogP contribution in [0.5, 0.6) is 0 Å². The van der Waals surface area contributed by atoms with Crippen LogP contribution in [0, 0.1) is 6.92 Å². The Kier molecular flexibility index (Phi) is 5.88. The maximum absolute atomic E-state index is 12.0. The van der Waals surface area contributed by atoms with E-state index in [1.54, 1.807) is 6.92 Å². The van der Waals surface area contributed by atoms with Crippen LogP contribution in [-0.4, -0.2) is 39.3 Å². The van der Waals surface area contributed by atoms with Gasteiger partial charge >= 0.3 is 5.97 Å². The zero-order valence-electron chi connectivity index (χ0n) is 11.3. The molecular formula is C12H17NO5S2. The molecule has 2 N–H and O–H groups in total. The molecule has 0 atom stereocenters. The molecule has 0 aromatic carbocycles. The van der Waals surface area contributed by atoms with E-state index in [1.807, 2.05) is 6.92 Å². The lowest BCUT2D eigenvalue weighted by Gasteiger charge is -2.07. The molecule has 0 saturated carbocycles. The van der Waals surface area contributed by atoms with Crippen LogP contribution in [0.4, 0.5) is 0 Å². The lowest BCUT2D eigenvalue weighted by molar-refractivity contribution is 0.0702. The fraction of sp³-hybridized carbons (Fsp3) is 0.417. The van der Waals surface area contributed by atoms with Crippen LogP contribution in [0.15, 0.2) is 23.1 Å². The maximum Gasteiger partial charge on any atom is 0.345 e. The van der Waals surface area contributed by atoms with Crippen molar-refractivity contribution in [2.45, 2.75) is 18.7 Å². The van der Waals surface area contributed by atoms with Crippen molar-refractivity contribution in [2.75, 3.05) is 19.8 Å². The monoisotopic (exact) mass is 319 g/mol. The maximum atomic E-state index is 12.0. The van der Waals surface area contributed by atoms with Gasteiger partial charge in [0.15, 0.2) is 0 Å². The minimum atomic E-state index is -3.71. The van der Waals surface area contributed by atoms with Gasteiger partial charge in [0.25, 0.3) is 0 Å². The zero-order chi connectivity index (χ0) is 15.3. The molecule has 1 aromatic heterocycles. The van der Waals surface area contributed by atoms with Crippen molar-refractivity contribution in [3.05, 3.63) is 28.0 Å². The number of thiophene rings is 1. The standard InChI is InChI=1S/C12H17NO5S2/c1-8(2)7-18-5-4-13-20(16,17)11-6-10(12(14)15)19-9(11)3/h6,13H,1,4-5,7H2,2-3H3,(H,14,15). The Morgan fingerprint density at radius 1 is 1.55 bits per heavy atom. The van der Waals surface area contributed by atoms with Gasteiger partial charge in [0.05, 0.1) is 18.1 Å². The van der Waals surface area contributed by atoms with Crippen molar-refractivity contribution in [2.24, 2.45) is 0 Å². The van der Waals surface area contributed by atoms with Crippen LogP contribution < -0.4 is 4.72 Å². The van der Waals surface area contributed by atoms with Gasteiger partial charge in [-0.25, -0.2) is 17.9 Å². The lowest BCUT2D eigenvalue weighted by atomic mass is 10.4. The predicted molar refractivity (Wildman–Crippen MR) is 76.8 cm³/mol. The van der Waals surface area contributed by atoms with Crippen LogP contribution in [0.2, 0.25) is 0 Å². The second kappa shape index (κ2) is 6.98. The van der Waals surface area contributed by atoms with Gasteiger partial charge in [-0.15, -0.1) is 11.3 Å². The summed E-state index contributed by atoms with van der Waals surface area (Å²) in [5.41, 5.74) is 0.854. The van der Waals surface area contributed by atoms with Gasteiger partial charge in [0.1, 0.15) is 4.88 Å². The fourth-order valence-corrected chi connectivity index (χ4v) is 3.85. The second-order valence-electron chi connectivity index (χ2n) is 4.24. The van der Waals surface area contributed by atoms with E-state index >= 15 is 0 Å². The Morgan fingerprint density at radius 3 is 2.70 bits per heavy atom. The Labute approximate surface area is 122 Å². The molecule has 1 heterocycles. The molecule has 1 rings (SSSR count). The summed E-state index contributed by atoms with van der Waals surface area (Å²) in [5, 5.41) is 8.85. The topological polar surface area (TPSA) is 92.7 Å². The molecule has 0 radical (unpaired) electrons. The lowest BCUT2D eigenvalue weighted by Crippen LogP contribution is -2.27. The van der Waals surface area contributed by atoms with E-state index in [9.17, 15) is 13.2 Å². The highest BCUT2D eigenvalue weighted by Crippen LogP contribution is 2.25. The Morgan fingerprint density at radius 2 is 2.20 bits per heavy atom. The predicted octanol–water partition coefficient (Wildman–Crippen LogP) is 1.63. The Balaban J connectivity index is 2.65. The molecule has 0 unspecified atom stereocenters. The molecule has 0 aliphatic carbocycles. The first-order valence-corrected chi connectivity index (χ1v) is 8.09. The third-order valence-electron chi connectivity index (χ3n) is 2.26. The van der Waals surface area contributed by atoms with E-state index < -0.39 is 16.0 Å². The third kappa shape index (κ3) is 4.71. The number of carboxylic acid groups (broad SMARTS) is 1. The first-order valence-electron chi connectivity index (χ1n) is 5.79. The molecule has 0 aliphatic rings. The smallest absolute Gasteiger partial charge is 0.345 e. The van der Waals surface area contributed by atoms with Crippen LogP contribution in [-0.2, 0) is 14.8 Å². The quantitative estimate of drug-likeness (QED) is 0.561. The molecule has 0 bridgehead atoms. The molecule has 6 nitrogen and oxygen atoms in total. The zero-order valence-corrected chi connectivity index (χ0v) is 12.9. The summed E-state index contributed by atoms with van der Waals surface area (Å²) in [5.74, 6) is -1.13. The molecule has 0 amide bonds. The molecular weight excluding hydrogens is 302 g/mol. The van der Waals surface area contributed by atoms with E-state index in [0.29, 0.717) is 11.5 Å². The number of carboxylic acids is 1. The van der Waals surface area contributed by atoms with Gasteiger partial charge in [0, 0.05) is 11.4 Å². The highest BCUT2D eigenvalue weighted by molar-refractivity contribution is 7.89. The van der Waals surface area contributed by atoms with Gasteiger partial charge in [-0.3, -0.25) is 0 Å². The largest absolute Gasteiger partial charge is 0.477 e. The number of rotatable bonds is 8. The van der Waals surface area contributed by atoms with E-state index in [4.69, 9.17) is 9.84 Å². The minimum Gasteiger partial charge on any atom is -0.477 e. The summed E-state index contributed by atoms with van der Waals surface area (Å²) < 4.78 is 31.6. The van der Waals surface area contributed by atoms with Crippen LogP contribution in [0.25, 0.3) is 0 Å². The number of aromatic carboxylic acids is 1. The molecule has 112 valence electrons. The number of hydrogen-bond donors (Lipinski definition) is 2. The van der Waals surface area contributed by atoms with Crippen LogP contribution in [0.1, 0.15) is 21.5 Å². The number of ether oxygens (including phenoxy) is 1. The number of hydrogen-bond acceptors (Lipinski definition) is 5. The Bertz CT molecular complexity index is 603. The summed E-state index contributed by atoms with van der Waals surface area (Å²) >= 11 is 0.935. The average Bonchev–Trinajstić information content (AvgIpc) is 2.71. The number of aryl methyl sites for hydroxylation is 1. The van der Waals surface area contributed by atoms with Gasteiger partial charge in [0.2, 0.25) is 10.0 Å². The molecule has 0 aliphatic heterocycles. The molecule has 0 spiro atoms. The minimum absolute atomic E-state index is 0.000184. The van der Waals surface area contributed by atoms with E-state index in [-0.39, 0.29) is 22.9 Å². The Hall–Kier alpha value is -1.22. The van der Waals surface area contributed by atoms with Crippen molar-refractivity contribution in [3.8, 4) is 0 Å². The van der Waals surface area contributed by atoms with Gasteiger partial charge in [-0.05, 0) is 19.9 Å². The van der Waals surface area contributed by atoms with E-state index in [0.717, 1.165) is 16.9 Å². The number of carbonyl (C=O) groups is 1. The summed E-state index contributed by atoms with van der Waals surface area (Å²) in [6.45, 7) is 7.77. The van der Waals surface area contributed by atoms with Gasteiger partial charge < -0.3 is 9.84 Å². The average molecular weight is 319 g/mol. The summed E-state index contributed by atoms with van der Waals surface area (Å²) in [7, 11) is -3.71. The van der Waals surface area contributed by atoms with Crippen molar-refractivity contribution >= 4 is 27.3 Å². The van der Waals surface area contributed by atoms with Crippen molar-refractivity contribution in [3.63, 3.8) is 0 Å². The van der Waals surface area contributed by atoms with Crippen molar-refractivity contribution in [1.29, 1.82) is 0 Å². The highest BCUT2D eigenvalue weighted by atomic mass is 32.2. The number of nitrogens with one attached hydrogen (secondary N) is 1. The SMILES string of the molecule is C=C(C)COCCNS(=O)(=O)c1cc(C(=O)O)sc1C. The normalized spacial score (nSPS) is 11.5. The van der Waals surface area contributed by atoms with E-state index in [1.165, 1.54) is 6.07 Å². The highest BCUT2D eigenvalue weighted by Gasteiger charge is 2.21. The van der Waals surface area contributed by atoms with E-state index in [2.05, 4.69) is 11.3 Å². The molecule has 8 heteroatoms. The van der Waals surface area contributed by atoms with Crippen molar-refractivity contribution < 1.29 is 23.1 Å². The molecule has 0 saturated heterocycles. The van der Waals surface area contributed by atoms with Crippen molar-refractivity contribution in [1.82, 2.24) is 4.72 Å². The first-order chi connectivity index (χ1) is 9.24. The van der Waals surface area contributed by atoms with Gasteiger partial charge in [-0.2, -0.15) is 0 Å². The fourth-order valence-electron chi connectivity index (χ4n) is 1.41. The third-order valence-corrected chi connectivity index (χ3v) is 5.01. The second-order valence-corrected chi connectivity index (χ2v) is 7.24. The summed E-state index contributed by atoms with van der Waals surface area (Å²) in [4.78, 5) is 11.3. The molecule has 0 fully saturated rings. The molecule has 20 heavy (non-hydrogen) atoms.